The van der Waals surface area contributed by atoms with Crippen LogP contribution in [0.4, 0.5) is 16.2 Å². The minimum absolute atomic E-state index is 0.0242. The smallest absolute Gasteiger partial charge is 0.319 e. The van der Waals surface area contributed by atoms with Crippen molar-refractivity contribution in [3.63, 3.8) is 0 Å². The fourth-order valence-corrected chi connectivity index (χ4v) is 3.84. The zero-order valence-electron chi connectivity index (χ0n) is 16.9. The van der Waals surface area contributed by atoms with Crippen molar-refractivity contribution in [1.82, 2.24) is 5.32 Å². The molecule has 0 bridgehead atoms. The van der Waals surface area contributed by atoms with Crippen LogP contribution in [-0.2, 0) is 6.42 Å². The van der Waals surface area contributed by atoms with Crippen molar-refractivity contribution >= 4 is 23.3 Å². The number of carbonyl (C=O) groups is 2. The maximum Gasteiger partial charge on any atom is 0.319 e. The molecule has 4 rings (SSSR count). The first-order chi connectivity index (χ1) is 15.1. The third-order valence-corrected chi connectivity index (χ3v) is 5.31. The van der Waals surface area contributed by atoms with Crippen molar-refractivity contribution in [3.8, 4) is 6.07 Å². The highest BCUT2D eigenvalue weighted by molar-refractivity contribution is 6.05. The average molecular weight is 410 g/mol. The second kappa shape index (κ2) is 9.14. The molecule has 0 spiro atoms. The standard InChI is InChI=1S/C25H22N4O2/c26-16-17-6-3-10-20(14-17)27-24(30)19-9-4-11-21(15-19)28-25(31)29-23-13-5-8-18-7-1-2-12-22(18)23/h1-4,6-7,9-12,14-15,23H,5,8,13H2,(H,27,30)(H2,28,29,31). The number of hydrogen-bond acceptors (Lipinski definition) is 3. The lowest BCUT2D eigenvalue weighted by molar-refractivity contribution is 0.102. The van der Waals surface area contributed by atoms with Crippen LogP contribution in [-0.4, -0.2) is 11.9 Å². The van der Waals surface area contributed by atoms with E-state index < -0.39 is 0 Å². The van der Waals surface area contributed by atoms with E-state index in [0.29, 0.717) is 22.5 Å². The van der Waals surface area contributed by atoms with Gasteiger partial charge < -0.3 is 16.0 Å². The third kappa shape index (κ3) is 4.90. The van der Waals surface area contributed by atoms with Crippen LogP contribution >= 0.6 is 0 Å². The molecule has 1 atom stereocenters. The van der Waals surface area contributed by atoms with Crippen molar-refractivity contribution in [3.05, 3.63) is 95.1 Å². The van der Waals surface area contributed by atoms with E-state index in [-0.39, 0.29) is 18.0 Å². The van der Waals surface area contributed by atoms with Crippen LogP contribution in [0.25, 0.3) is 0 Å². The Hall–Kier alpha value is -4.11. The Morgan fingerprint density at radius 1 is 0.903 bits per heavy atom. The van der Waals surface area contributed by atoms with Gasteiger partial charge in [-0.3, -0.25) is 4.79 Å². The van der Waals surface area contributed by atoms with Crippen LogP contribution in [0, 0.1) is 11.3 Å². The van der Waals surface area contributed by atoms with Crippen LogP contribution in [0.2, 0.25) is 0 Å². The van der Waals surface area contributed by atoms with E-state index in [0.717, 1.165) is 24.8 Å². The number of aryl methyl sites for hydroxylation is 1. The number of nitrogens with one attached hydrogen (secondary N) is 3. The summed E-state index contributed by atoms with van der Waals surface area (Å²) in [5.41, 5.74) is 4.38. The Balaban J connectivity index is 1.41. The predicted molar refractivity (Wildman–Crippen MR) is 120 cm³/mol. The molecule has 0 aliphatic heterocycles. The summed E-state index contributed by atoms with van der Waals surface area (Å²) in [6.45, 7) is 0. The van der Waals surface area contributed by atoms with Gasteiger partial charge in [-0.2, -0.15) is 5.26 Å². The van der Waals surface area contributed by atoms with Crippen LogP contribution in [0.3, 0.4) is 0 Å². The molecule has 6 heteroatoms. The molecule has 31 heavy (non-hydrogen) atoms. The number of rotatable bonds is 4. The monoisotopic (exact) mass is 410 g/mol. The molecule has 0 heterocycles. The number of fused-ring (bicyclic) bond motifs is 1. The van der Waals surface area contributed by atoms with Gasteiger partial charge in [0.15, 0.2) is 0 Å². The van der Waals surface area contributed by atoms with Gasteiger partial charge in [-0.1, -0.05) is 36.4 Å². The lowest BCUT2D eigenvalue weighted by Crippen LogP contribution is -2.34. The molecular formula is C25H22N4O2. The van der Waals surface area contributed by atoms with E-state index in [1.807, 2.05) is 18.2 Å². The van der Waals surface area contributed by atoms with Crippen molar-refractivity contribution in [2.75, 3.05) is 10.6 Å². The number of nitrogens with zero attached hydrogens (tertiary/aromatic N) is 1. The lowest BCUT2D eigenvalue weighted by Gasteiger charge is -2.26. The van der Waals surface area contributed by atoms with Gasteiger partial charge in [0.05, 0.1) is 17.7 Å². The van der Waals surface area contributed by atoms with Crippen molar-refractivity contribution in [2.24, 2.45) is 0 Å². The molecule has 1 aliphatic carbocycles. The molecule has 6 nitrogen and oxygen atoms in total. The summed E-state index contributed by atoms with van der Waals surface area (Å²) >= 11 is 0. The second-order valence-corrected chi connectivity index (χ2v) is 7.47. The quantitative estimate of drug-likeness (QED) is 0.564. The van der Waals surface area contributed by atoms with Gasteiger partial charge in [0, 0.05) is 16.9 Å². The van der Waals surface area contributed by atoms with Crippen LogP contribution in [0.15, 0.2) is 72.8 Å². The van der Waals surface area contributed by atoms with Gasteiger partial charge >= 0.3 is 6.03 Å². The van der Waals surface area contributed by atoms with Crippen LogP contribution < -0.4 is 16.0 Å². The molecule has 3 amide bonds. The highest BCUT2D eigenvalue weighted by atomic mass is 16.2. The molecule has 0 saturated heterocycles. The summed E-state index contributed by atoms with van der Waals surface area (Å²) in [4.78, 5) is 25.2. The van der Waals surface area contributed by atoms with E-state index in [4.69, 9.17) is 5.26 Å². The molecule has 0 saturated carbocycles. The fourth-order valence-electron chi connectivity index (χ4n) is 3.84. The molecule has 0 aromatic heterocycles. The minimum atomic E-state index is -0.319. The largest absolute Gasteiger partial charge is 0.331 e. The van der Waals surface area contributed by atoms with Crippen molar-refractivity contribution < 1.29 is 9.59 Å². The summed E-state index contributed by atoms with van der Waals surface area (Å²) in [5.74, 6) is -0.319. The average Bonchev–Trinajstić information content (AvgIpc) is 2.79. The number of benzene rings is 3. The molecule has 1 unspecified atom stereocenters. The number of carbonyl (C=O) groups excluding carboxylic acids is 2. The lowest BCUT2D eigenvalue weighted by atomic mass is 9.88. The Labute approximate surface area is 180 Å². The molecule has 0 radical (unpaired) electrons. The predicted octanol–water partition coefficient (Wildman–Crippen LogP) is 5.01. The minimum Gasteiger partial charge on any atom is -0.331 e. The first kappa shape index (κ1) is 20.2. The highest BCUT2D eigenvalue weighted by Crippen LogP contribution is 2.29. The van der Waals surface area contributed by atoms with Gasteiger partial charge in [0.25, 0.3) is 5.91 Å². The Kier molecular flexibility index (Phi) is 5.95. The maximum absolute atomic E-state index is 12.6. The van der Waals surface area contributed by atoms with Gasteiger partial charge in [-0.05, 0) is 66.8 Å². The highest BCUT2D eigenvalue weighted by Gasteiger charge is 2.21. The third-order valence-electron chi connectivity index (χ3n) is 5.31. The number of urea groups is 1. The number of nitriles is 1. The topological polar surface area (TPSA) is 94.0 Å². The Bertz CT molecular complexity index is 1170. The molecule has 3 aromatic carbocycles. The first-order valence-corrected chi connectivity index (χ1v) is 10.2. The SMILES string of the molecule is N#Cc1cccc(NC(=O)c2cccc(NC(=O)NC3CCCc4ccccc43)c2)c1. The Morgan fingerprint density at radius 2 is 1.68 bits per heavy atom. The van der Waals surface area contributed by atoms with E-state index >= 15 is 0 Å². The summed E-state index contributed by atoms with van der Waals surface area (Å²) in [6, 6.07) is 23.3. The molecule has 3 aromatic rings. The summed E-state index contributed by atoms with van der Waals surface area (Å²) in [5, 5.41) is 17.6. The molecule has 0 fully saturated rings. The molecule has 3 N–H and O–H groups in total. The molecule has 1 aliphatic rings. The van der Waals surface area contributed by atoms with Gasteiger partial charge in [0.1, 0.15) is 0 Å². The second-order valence-electron chi connectivity index (χ2n) is 7.47. The number of anilines is 2. The maximum atomic E-state index is 12.6. The van der Waals surface area contributed by atoms with Gasteiger partial charge in [-0.25, -0.2) is 4.79 Å². The normalized spacial score (nSPS) is 14.6. The zero-order valence-corrected chi connectivity index (χ0v) is 16.9. The number of amides is 3. The van der Waals surface area contributed by atoms with E-state index in [1.54, 1.807) is 48.5 Å². The van der Waals surface area contributed by atoms with Crippen molar-refractivity contribution in [1.29, 1.82) is 5.26 Å². The van der Waals surface area contributed by atoms with E-state index in [1.165, 1.54) is 5.56 Å². The number of hydrogen-bond donors (Lipinski definition) is 3. The molecule has 154 valence electrons. The van der Waals surface area contributed by atoms with Crippen molar-refractivity contribution in [2.45, 2.75) is 25.3 Å². The first-order valence-electron chi connectivity index (χ1n) is 10.2. The zero-order chi connectivity index (χ0) is 21.6. The summed E-state index contributed by atoms with van der Waals surface area (Å²) < 4.78 is 0. The van der Waals surface area contributed by atoms with E-state index in [2.05, 4.69) is 28.1 Å². The summed E-state index contributed by atoms with van der Waals surface area (Å²) in [6.07, 6.45) is 2.96. The van der Waals surface area contributed by atoms with Gasteiger partial charge in [0.2, 0.25) is 0 Å². The molecular weight excluding hydrogens is 388 g/mol. The van der Waals surface area contributed by atoms with E-state index in [9.17, 15) is 9.59 Å². The fraction of sp³-hybridized carbons (Fsp3) is 0.160. The van der Waals surface area contributed by atoms with Crippen LogP contribution in [0.1, 0.15) is 45.9 Å². The van der Waals surface area contributed by atoms with Gasteiger partial charge in [-0.15, -0.1) is 0 Å². The Morgan fingerprint density at radius 3 is 2.52 bits per heavy atom. The van der Waals surface area contributed by atoms with Crippen LogP contribution in [0.5, 0.6) is 0 Å². The summed E-state index contributed by atoms with van der Waals surface area (Å²) in [7, 11) is 0.